The lowest BCUT2D eigenvalue weighted by Crippen LogP contribution is -2.05. The van der Waals surface area contributed by atoms with E-state index in [1.165, 1.54) is 22.5 Å². The number of aromatic carboxylic acids is 1. The third kappa shape index (κ3) is 3.08. The van der Waals surface area contributed by atoms with E-state index >= 15 is 0 Å². The van der Waals surface area contributed by atoms with Crippen LogP contribution >= 0.6 is 11.3 Å². The van der Waals surface area contributed by atoms with E-state index in [9.17, 15) is 4.79 Å². The number of ether oxygens (including phenoxy) is 1. The van der Waals surface area contributed by atoms with Crippen LogP contribution in [0.25, 0.3) is 0 Å². The fourth-order valence-corrected chi connectivity index (χ4v) is 3.33. The van der Waals surface area contributed by atoms with E-state index in [1.54, 1.807) is 12.5 Å². The number of rotatable bonds is 5. The number of thiazole rings is 1. The molecule has 1 aromatic carbocycles. The van der Waals surface area contributed by atoms with Gasteiger partial charge in [-0.25, -0.2) is 9.78 Å². The SMILES string of the molecule is CCC(c1nc(C(=O)O)cs1)c1cc(C)c(C)cc1OC. The summed E-state index contributed by atoms with van der Waals surface area (Å²) in [7, 11) is 1.66. The van der Waals surface area contributed by atoms with Gasteiger partial charge in [0.15, 0.2) is 5.69 Å². The summed E-state index contributed by atoms with van der Waals surface area (Å²) in [5.41, 5.74) is 3.54. The molecular formula is C16H19NO3S. The molecule has 5 heteroatoms. The second-order valence-electron chi connectivity index (χ2n) is 5.02. The summed E-state index contributed by atoms with van der Waals surface area (Å²) in [5, 5.41) is 11.4. The van der Waals surface area contributed by atoms with Gasteiger partial charge >= 0.3 is 5.97 Å². The Morgan fingerprint density at radius 1 is 1.38 bits per heavy atom. The first kappa shape index (κ1) is 15.5. The molecule has 4 nitrogen and oxygen atoms in total. The lowest BCUT2D eigenvalue weighted by Gasteiger charge is -2.18. The highest BCUT2D eigenvalue weighted by Crippen LogP contribution is 2.37. The van der Waals surface area contributed by atoms with Gasteiger partial charge in [0.2, 0.25) is 0 Å². The highest BCUT2D eigenvalue weighted by molar-refractivity contribution is 7.10. The molecule has 0 saturated heterocycles. The smallest absolute Gasteiger partial charge is 0.355 e. The monoisotopic (exact) mass is 305 g/mol. The molecule has 1 heterocycles. The topological polar surface area (TPSA) is 59.4 Å². The normalized spacial score (nSPS) is 12.2. The van der Waals surface area contributed by atoms with Crippen LogP contribution in [0.2, 0.25) is 0 Å². The second-order valence-corrected chi connectivity index (χ2v) is 5.91. The van der Waals surface area contributed by atoms with Crippen molar-refractivity contribution in [1.82, 2.24) is 4.98 Å². The van der Waals surface area contributed by atoms with Crippen LogP contribution in [0.5, 0.6) is 5.75 Å². The minimum Gasteiger partial charge on any atom is -0.496 e. The molecule has 0 aliphatic heterocycles. The van der Waals surface area contributed by atoms with E-state index in [1.807, 2.05) is 6.07 Å². The van der Waals surface area contributed by atoms with E-state index in [0.29, 0.717) is 0 Å². The molecule has 2 aromatic rings. The molecular weight excluding hydrogens is 286 g/mol. The van der Waals surface area contributed by atoms with Crippen LogP contribution in [0, 0.1) is 13.8 Å². The zero-order valence-electron chi connectivity index (χ0n) is 12.6. The molecule has 0 aliphatic carbocycles. The Hall–Kier alpha value is -1.88. The van der Waals surface area contributed by atoms with E-state index in [4.69, 9.17) is 9.84 Å². The van der Waals surface area contributed by atoms with Crippen LogP contribution in [-0.2, 0) is 0 Å². The van der Waals surface area contributed by atoms with Gasteiger partial charge in [-0.1, -0.05) is 13.0 Å². The molecule has 0 radical (unpaired) electrons. The van der Waals surface area contributed by atoms with Gasteiger partial charge in [0.1, 0.15) is 10.8 Å². The number of carbonyl (C=O) groups is 1. The minimum absolute atomic E-state index is 0.0531. The first-order valence-corrected chi connectivity index (χ1v) is 7.69. The summed E-state index contributed by atoms with van der Waals surface area (Å²) >= 11 is 1.39. The second kappa shape index (κ2) is 6.26. The van der Waals surface area contributed by atoms with Crippen molar-refractivity contribution in [3.8, 4) is 5.75 Å². The van der Waals surface area contributed by atoms with Gasteiger partial charge in [-0.05, 0) is 37.5 Å². The third-order valence-corrected chi connectivity index (χ3v) is 4.63. The zero-order valence-corrected chi connectivity index (χ0v) is 13.5. The van der Waals surface area contributed by atoms with Gasteiger partial charge in [0, 0.05) is 16.9 Å². The highest BCUT2D eigenvalue weighted by Gasteiger charge is 2.22. The number of nitrogens with zero attached hydrogens (tertiary/aromatic N) is 1. The molecule has 1 aromatic heterocycles. The average Bonchev–Trinajstić information content (AvgIpc) is 2.93. The Labute approximate surface area is 128 Å². The first-order chi connectivity index (χ1) is 9.97. The third-order valence-electron chi connectivity index (χ3n) is 3.67. The number of aromatic nitrogens is 1. The van der Waals surface area contributed by atoms with Crippen molar-refractivity contribution in [3.05, 3.63) is 44.9 Å². The lowest BCUT2D eigenvalue weighted by atomic mass is 9.93. The largest absolute Gasteiger partial charge is 0.496 e. The van der Waals surface area contributed by atoms with Crippen LogP contribution < -0.4 is 4.74 Å². The van der Waals surface area contributed by atoms with Crippen LogP contribution in [0.1, 0.15) is 51.4 Å². The maximum Gasteiger partial charge on any atom is 0.355 e. The van der Waals surface area contributed by atoms with Gasteiger partial charge in [-0.15, -0.1) is 11.3 Å². The van der Waals surface area contributed by atoms with E-state index in [0.717, 1.165) is 22.7 Å². The van der Waals surface area contributed by atoms with Crippen molar-refractivity contribution in [2.45, 2.75) is 33.1 Å². The maximum atomic E-state index is 11.0. The molecule has 0 aliphatic rings. The fraction of sp³-hybridized carbons (Fsp3) is 0.375. The Morgan fingerprint density at radius 2 is 2.05 bits per heavy atom. The van der Waals surface area contributed by atoms with Crippen molar-refractivity contribution in [3.63, 3.8) is 0 Å². The van der Waals surface area contributed by atoms with Crippen molar-refractivity contribution in [2.24, 2.45) is 0 Å². The summed E-state index contributed by atoms with van der Waals surface area (Å²) in [4.78, 5) is 15.3. The number of hydrogen-bond acceptors (Lipinski definition) is 4. The summed E-state index contributed by atoms with van der Waals surface area (Å²) in [6, 6.07) is 4.14. The van der Waals surface area contributed by atoms with Crippen molar-refractivity contribution in [1.29, 1.82) is 0 Å². The van der Waals surface area contributed by atoms with Crippen molar-refractivity contribution < 1.29 is 14.6 Å². The molecule has 112 valence electrons. The Kier molecular flexibility index (Phi) is 4.63. The van der Waals surface area contributed by atoms with Crippen LogP contribution in [-0.4, -0.2) is 23.2 Å². The van der Waals surface area contributed by atoms with Crippen LogP contribution in [0.4, 0.5) is 0 Å². The predicted octanol–water partition coefficient (Wildman–Crippen LogP) is 4.01. The quantitative estimate of drug-likeness (QED) is 0.906. The lowest BCUT2D eigenvalue weighted by molar-refractivity contribution is 0.0691. The Balaban J connectivity index is 2.49. The van der Waals surface area contributed by atoms with Crippen molar-refractivity contribution >= 4 is 17.3 Å². The molecule has 0 bridgehead atoms. The van der Waals surface area contributed by atoms with E-state index in [-0.39, 0.29) is 11.6 Å². The molecule has 1 unspecified atom stereocenters. The molecule has 0 amide bonds. The zero-order chi connectivity index (χ0) is 15.6. The number of hydrogen-bond donors (Lipinski definition) is 1. The first-order valence-electron chi connectivity index (χ1n) is 6.81. The summed E-state index contributed by atoms with van der Waals surface area (Å²) in [5.74, 6) is -0.103. The number of aryl methyl sites for hydroxylation is 2. The molecule has 0 spiro atoms. The maximum absolute atomic E-state index is 11.0. The summed E-state index contributed by atoms with van der Waals surface area (Å²) in [6.07, 6.45) is 0.839. The van der Waals surface area contributed by atoms with Gasteiger partial charge in [0.25, 0.3) is 0 Å². The van der Waals surface area contributed by atoms with Crippen molar-refractivity contribution in [2.75, 3.05) is 7.11 Å². The molecule has 1 atom stereocenters. The number of benzene rings is 1. The number of methoxy groups -OCH3 is 1. The average molecular weight is 305 g/mol. The highest BCUT2D eigenvalue weighted by atomic mass is 32.1. The fourth-order valence-electron chi connectivity index (χ4n) is 2.33. The minimum atomic E-state index is -0.987. The molecule has 2 rings (SSSR count). The molecule has 0 fully saturated rings. The van der Waals surface area contributed by atoms with Gasteiger partial charge < -0.3 is 9.84 Å². The molecule has 1 N–H and O–H groups in total. The van der Waals surface area contributed by atoms with Gasteiger partial charge in [-0.2, -0.15) is 0 Å². The Bertz CT molecular complexity index is 664. The molecule has 21 heavy (non-hydrogen) atoms. The van der Waals surface area contributed by atoms with Gasteiger partial charge in [-0.3, -0.25) is 0 Å². The predicted molar refractivity (Wildman–Crippen MR) is 83.7 cm³/mol. The number of carboxylic acids is 1. The number of carboxylic acid groups (broad SMARTS) is 1. The Morgan fingerprint density at radius 3 is 2.57 bits per heavy atom. The standard InChI is InChI=1S/C16H19NO3S/c1-5-11(15-17-13(8-21-15)16(18)19)12-6-9(2)10(3)7-14(12)20-4/h6-8,11H,5H2,1-4H3,(H,18,19). The van der Waals surface area contributed by atoms with Gasteiger partial charge in [0.05, 0.1) is 7.11 Å². The van der Waals surface area contributed by atoms with E-state index < -0.39 is 5.97 Å². The summed E-state index contributed by atoms with van der Waals surface area (Å²) < 4.78 is 5.50. The van der Waals surface area contributed by atoms with Crippen LogP contribution in [0.15, 0.2) is 17.5 Å². The molecule has 0 saturated carbocycles. The summed E-state index contributed by atoms with van der Waals surface area (Å²) in [6.45, 7) is 6.19. The van der Waals surface area contributed by atoms with E-state index in [2.05, 4.69) is 31.8 Å². The van der Waals surface area contributed by atoms with Crippen LogP contribution in [0.3, 0.4) is 0 Å².